The summed E-state index contributed by atoms with van der Waals surface area (Å²) in [5, 5.41) is 0. The predicted molar refractivity (Wildman–Crippen MR) is 89.2 cm³/mol. The molecule has 1 aromatic carbocycles. The van der Waals surface area contributed by atoms with Gasteiger partial charge in [0.2, 0.25) is 0 Å². The second kappa shape index (κ2) is 5.41. The summed E-state index contributed by atoms with van der Waals surface area (Å²) in [6.07, 6.45) is 0. The molecule has 0 N–H and O–H groups in total. The van der Waals surface area contributed by atoms with Gasteiger partial charge in [0, 0.05) is 19.7 Å². The van der Waals surface area contributed by atoms with Crippen molar-refractivity contribution < 1.29 is 4.74 Å². The fraction of sp³-hybridized carbons (Fsp3) is 0.188. The lowest BCUT2D eigenvalue weighted by Gasteiger charge is -2.16. The lowest BCUT2D eigenvalue weighted by atomic mass is 10.2. The number of aromatic nitrogens is 2. The van der Waals surface area contributed by atoms with Crippen molar-refractivity contribution in [2.45, 2.75) is 0 Å². The number of methoxy groups -OCH3 is 1. The van der Waals surface area contributed by atoms with E-state index in [4.69, 9.17) is 4.74 Å². The van der Waals surface area contributed by atoms with Gasteiger partial charge in [-0.05, 0) is 40.2 Å². The number of imidazole rings is 1. The Kier molecular flexibility index (Phi) is 3.59. The molecular weight excluding hydrogens is 330 g/mol. The Bertz CT molecular complexity index is 795. The van der Waals surface area contributed by atoms with E-state index in [9.17, 15) is 0 Å². The Morgan fingerprint density at radius 2 is 1.90 bits per heavy atom. The minimum absolute atomic E-state index is 0.822. The van der Waals surface area contributed by atoms with Crippen LogP contribution in [0, 0.1) is 0 Å². The van der Waals surface area contributed by atoms with Crippen LogP contribution >= 0.6 is 15.9 Å². The Balaban J connectivity index is 2.32. The number of nitrogens with zero attached hydrogens (tertiary/aromatic N) is 3. The number of rotatable bonds is 3. The van der Waals surface area contributed by atoms with E-state index in [0.29, 0.717) is 0 Å². The first-order chi connectivity index (χ1) is 10.1. The van der Waals surface area contributed by atoms with E-state index in [0.717, 1.165) is 33.1 Å². The van der Waals surface area contributed by atoms with Crippen molar-refractivity contribution in [3.05, 3.63) is 47.1 Å². The van der Waals surface area contributed by atoms with Crippen molar-refractivity contribution in [1.82, 2.24) is 9.38 Å². The smallest absolute Gasteiger partial charge is 0.147 e. The second-order valence-electron chi connectivity index (χ2n) is 4.96. The number of benzene rings is 1. The predicted octanol–water partition coefficient (Wildman–Crippen LogP) is 3.84. The molecule has 3 aromatic rings. The minimum atomic E-state index is 0.822. The molecule has 0 fully saturated rings. The van der Waals surface area contributed by atoms with E-state index >= 15 is 0 Å². The molecule has 0 spiro atoms. The Morgan fingerprint density at radius 1 is 1.14 bits per heavy atom. The highest BCUT2D eigenvalue weighted by atomic mass is 79.9. The van der Waals surface area contributed by atoms with Gasteiger partial charge in [0.25, 0.3) is 0 Å². The molecule has 0 saturated carbocycles. The van der Waals surface area contributed by atoms with Crippen LogP contribution in [0.3, 0.4) is 0 Å². The lowest BCUT2D eigenvalue weighted by Crippen LogP contribution is -2.13. The van der Waals surface area contributed by atoms with E-state index < -0.39 is 0 Å². The number of fused-ring (bicyclic) bond motifs is 1. The fourth-order valence-electron chi connectivity index (χ4n) is 2.39. The number of hydrogen-bond donors (Lipinski definition) is 0. The molecule has 0 aliphatic heterocycles. The van der Waals surface area contributed by atoms with Crippen molar-refractivity contribution >= 4 is 27.3 Å². The molecule has 21 heavy (non-hydrogen) atoms. The van der Waals surface area contributed by atoms with E-state index in [1.54, 1.807) is 7.11 Å². The summed E-state index contributed by atoms with van der Waals surface area (Å²) in [5.41, 5.74) is 2.06. The summed E-state index contributed by atoms with van der Waals surface area (Å²) in [4.78, 5) is 6.75. The number of halogens is 1. The Hall–Kier alpha value is -2.01. The normalized spacial score (nSPS) is 10.9. The number of anilines is 1. The molecule has 0 aliphatic rings. The van der Waals surface area contributed by atoms with Gasteiger partial charge in [-0.2, -0.15) is 0 Å². The first-order valence-electron chi connectivity index (χ1n) is 6.60. The zero-order valence-corrected chi connectivity index (χ0v) is 13.8. The SMILES string of the molecule is COc1cccc(-c2nc(Br)c3cccc(N(C)C)n23)c1. The number of pyridine rings is 1. The van der Waals surface area contributed by atoms with Gasteiger partial charge in [0.1, 0.15) is 22.0 Å². The van der Waals surface area contributed by atoms with Crippen LogP contribution in [-0.2, 0) is 0 Å². The van der Waals surface area contributed by atoms with Crippen LogP contribution in [-0.4, -0.2) is 30.6 Å². The van der Waals surface area contributed by atoms with Crippen molar-refractivity contribution in [2.24, 2.45) is 0 Å². The molecule has 108 valence electrons. The van der Waals surface area contributed by atoms with Crippen LogP contribution in [0.5, 0.6) is 5.75 Å². The molecule has 2 heterocycles. The summed E-state index contributed by atoms with van der Waals surface area (Å²) in [7, 11) is 5.72. The third-order valence-electron chi connectivity index (χ3n) is 3.38. The maximum Gasteiger partial charge on any atom is 0.147 e. The molecule has 0 bridgehead atoms. The molecule has 4 nitrogen and oxygen atoms in total. The van der Waals surface area contributed by atoms with E-state index in [1.165, 1.54) is 0 Å². The zero-order chi connectivity index (χ0) is 15.0. The van der Waals surface area contributed by atoms with Gasteiger partial charge in [-0.25, -0.2) is 4.98 Å². The molecule has 0 amide bonds. The molecule has 2 aromatic heterocycles. The molecule has 3 rings (SSSR count). The summed E-state index contributed by atoms with van der Waals surface area (Å²) in [5.74, 6) is 2.78. The van der Waals surface area contributed by atoms with Crippen LogP contribution in [0.4, 0.5) is 5.82 Å². The highest BCUT2D eigenvalue weighted by Crippen LogP contribution is 2.31. The third kappa shape index (κ3) is 2.38. The van der Waals surface area contributed by atoms with E-state index in [2.05, 4.69) is 36.3 Å². The molecule has 5 heteroatoms. The van der Waals surface area contributed by atoms with Crippen LogP contribution in [0.15, 0.2) is 47.1 Å². The highest BCUT2D eigenvalue weighted by Gasteiger charge is 2.15. The largest absolute Gasteiger partial charge is 0.497 e. The summed E-state index contributed by atoms with van der Waals surface area (Å²) in [6, 6.07) is 14.1. The molecule has 0 atom stereocenters. The molecule has 0 radical (unpaired) electrons. The van der Waals surface area contributed by atoms with Gasteiger partial charge in [0.15, 0.2) is 0 Å². The van der Waals surface area contributed by atoms with Crippen LogP contribution in [0.25, 0.3) is 16.9 Å². The average molecular weight is 346 g/mol. The maximum absolute atomic E-state index is 5.31. The van der Waals surface area contributed by atoms with Crippen LogP contribution in [0.2, 0.25) is 0 Å². The zero-order valence-electron chi connectivity index (χ0n) is 12.2. The molecular formula is C16H16BrN3O. The van der Waals surface area contributed by atoms with Crippen LogP contribution in [0.1, 0.15) is 0 Å². The first kappa shape index (κ1) is 13.9. The van der Waals surface area contributed by atoms with Crippen molar-refractivity contribution in [2.75, 3.05) is 26.1 Å². The third-order valence-corrected chi connectivity index (χ3v) is 3.97. The minimum Gasteiger partial charge on any atom is -0.497 e. The molecule has 0 aliphatic carbocycles. The quantitative estimate of drug-likeness (QED) is 0.722. The molecule has 0 unspecified atom stereocenters. The fourth-order valence-corrected chi connectivity index (χ4v) is 2.86. The summed E-state index contributed by atoms with van der Waals surface area (Å²) >= 11 is 3.55. The van der Waals surface area contributed by atoms with Gasteiger partial charge in [0.05, 0.1) is 12.6 Å². The monoisotopic (exact) mass is 345 g/mol. The Morgan fingerprint density at radius 3 is 2.62 bits per heavy atom. The standard InChI is InChI=1S/C16H16BrN3O/c1-19(2)14-9-5-8-13-15(17)18-16(20(13)14)11-6-4-7-12(10-11)21-3/h4-10H,1-3H3. The number of ether oxygens (including phenoxy) is 1. The second-order valence-corrected chi connectivity index (χ2v) is 5.71. The maximum atomic E-state index is 5.31. The van der Waals surface area contributed by atoms with Crippen LogP contribution < -0.4 is 9.64 Å². The topological polar surface area (TPSA) is 29.8 Å². The summed E-state index contributed by atoms with van der Waals surface area (Å²) in [6.45, 7) is 0. The van der Waals surface area contributed by atoms with Gasteiger partial charge >= 0.3 is 0 Å². The first-order valence-corrected chi connectivity index (χ1v) is 7.40. The van der Waals surface area contributed by atoms with E-state index in [-0.39, 0.29) is 0 Å². The van der Waals surface area contributed by atoms with Gasteiger partial charge in [-0.1, -0.05) is 18.2 Å². The van der Waals surface area contributed by atoms with Gasteiger partial charge in [-0.3, -0.25) is 4.40 Å². The molecule has 0 saturated heterocycles. The average Bonchev–Trinajstić information content (AvgIpc) is 2.84. The summed E-state index contributed by atoms with van der Waals surface area (Å²) < 4.78 is 8.29. The Labute approximate surface area is 132 Å². The van der Waals surface area contributed by atoms with Gasteiger partial charge in [-0.15, -0.1) is 0 Å². The van der Waals surface area contributed by atoms with Crippen molar-refractivity contribution in [1.29, 1.82) is 0 Å². The van der Waals surface area contributed by atoms with Gasteiger partial charge < -0.3 is 9.64 Å². The lowest BCUT2D eigenvalue weighted by molar-refractivity contribution is 0.415. The van der Waals surface area contributed by atoms with Crippen molar-refractivity contribution in [3.63, 3.8) is 0 Å². The van der Waals surface area contributed by atoms with E-state index in [1.807, 2.05) is 50.5 Å². The van der Waals surface area contributed by atoms with Crippen molar-refractivity contribution in [3.8, 4) is 17.1 Å². The number of hydrogen-bond acceptors (Lipinski definition) is 3. The highest BCUT2D eigenvalue weighted by molar-refractivity contribution is 9.10.